The van der Waals surface area contributed by atoms with Gasteiger partial charge in [0.1, 0.15) is 6.04 Å². The van der Waals surface area contributed by atoms with Crippen LogP contribution < -0.4 is 9.47 Å². The summed E-state index contributed by atoms with van der Waals surface area (Å²) in [6.45, 7) is 0.585. The first-order valence-electron chi connectivity index (χ1n) is 11.3. The van der Waals surface area contributed by atoms with Gasteiger partial charge in [0.25, 0.3) is 5.91 Å². The van der Waals surface area contributed by atoms with Crippen molar-refractivity contribution in [1.82, 2.24) is 9.80 Å². The number of hydrogen-bond acceptors (Lipinski definition) is 5. The normalized spacial score (nSPS) is 29.2. The Labute approximate surface area is 192 Å². The van der Waals surface area contributed by atoms with Gasteiger partial charge in [0, 0.05) is 32.3 Å². The lowest BCUT2D eigenvalue weighted by molar-refractivity contribution is -0.131. The first kappa shape index (κ1) is 20.3. The zero-order valence-corrected chi connectivity index (χ0v) is 18.7. The van der Waals surface area contributed by atoms with Gasteiger partial charge in [-0.2, -0.15) is 0 Å². The Morgan fingerprint density at radius 3 is 2.64 bits per heavy atom. The van der Waals surface area contributed by atoms with Crippen LogP contribution in [-0.4, -0.2) is 67.3 Å². The van der Waals surface area contributed by atoms with Crippen molar-refractivity contribution in [3.05, 3.63) is 71.3 Å². The molecule has 7 heteroatoms. The maximum absolute atomic E-state index is 13.8. The van der Waals surface area contributed by atoms with E-state index in [1.807, 2.05) is 54.4 Å². The van der Waals surface area contributed by atoms with E-state index in [0.29, 0.717) is 36.4 Å². The van der Waals surface area contributed by atoms with Gasteiger partial charge in [0.15, 0.2) is 11.5 Å². The van der Waals surface area contributed by atoms with E-state index in [1.165, 1.54) is 0 Å². The van der Waals surface area contributed by atoms with Crippen molar-refractivity contribution in [3.63, 3.8) is 0 Å². The molecule has 0 unspecified atom stereocenters. The van der Waals surface area contributed by atoms with E-state index in [9.17, 15) is 9.59 Å². The smallest absolute Gasteiger partial charge is 0.255 e. The van der Waals surface area contributed by atoms with Gasteiger partial charge in [0.2, 0.25) is 12.7 Å². The van der Waals surface area contributed by atoms with Crippen LogP contribution in [0.1, 0.15) is 27.9 Å². The first-order valence-corrected chi connectivity index (χ1v) is 11.3. The molecule has 6 rings (SSSR count). The molecule has 0 radical (unpaired) electrons. The number of ether oxygens (including phenoxy) is 3. The molecular formula is C26H26N2O5. The van der Waals surface area contributed by atoms with E-state index in [1.54, 1.807) is 18.1 Å². The Kier molecular flexibility index (Phi) is 4.52. The van der Waals surface area contributed by atoms with E-state index in [2.05, 4.69) is 6.08 Å². The van der Waals surface area contributed by atoms with Crippen LogP contribution in [0.25, 0.3) is 0 Å². The second-order valence-corrected chi connectivity index (χ2v) is 9.15. The fraction of sp³-hybridized carbons (Fsp3) is 0.385. The molecule has 0 bridgehead atoms. The second kappa shape index (κ2) is 7.35. The van der Waals surface area contributed by atoms with Gasteiger partial charge in [-0.3, -0.25) is 9.59 Å². The molecule has 2 amide bonds. The molecule has 1 aliphatic carbocycles. The minimum atomic E-state index is -0.665. The number of carbonyl (C=O) groups excluding carboxylic acids is 2. The summed E-state index contributed by atoms with van der Waals surface area (Å²) >= 11 is 0. The summed E-state index contributed by atoms with van der Waals surface area (Å²) in [5, 5.41) is 0. The summed E-state index contributed by atoms with van der Waals surface area (Å²) in [5.74, 6) is 1.02. The Hall–Kier alpha value is -3.32. The molecule has 1 spiro atoms. The first-order chi connectivity index (χ1) is 16.0. The van der Waals surface area contributed by atoms with Crippen LogP contribution in [0.5, 0.6) is 11.5 Å². The van der Waals surface area contributed by atoms with Crippen LogP contribution in [0.4, 0.5) is 0 Å². The van der Waals surface area contributed by atoms with Gasteiger partial charge in [-0.05, 0) is 36.1 Å². The largest absolute Gasteiger partial charge is 0.454 e. The quantitative estimate of drug-likeness (QED) is 0.676. The summed E-state index contributed by atoms with van der Waals surface area (Å²) in [6.07, 6.45) is 5.40. The topological polar surface area (TPSA) is 68.3 Å². The van der Waals surface area contributed by atoms with E-state index in [0.717, 1.165) is 11.1 Å². The zero-order valence-electron chi connectivity index (χ0n) is 18.7. The minimum Gasteiger partial charge on any atom is -0.454 e. The highest BCUT2D eigenvalue weighted by atomic mass is 16.7. The van der Waals surface area contributed by atoms with Gasteiger partial charge in [-0.25, -0.2) is 0 Å². The molecule has 170 valence electrons. The molecule has 2 aromatic rings. The van der Waals surface area contributed by atoms with Crippen molar-refractivity contribution in [2.24, 2.45) is 0 Å². The van der Waals surface area contributed by atoms with Crippen LogP contribution in [0.2, 0.25) is 0 Å². The highest BCUT2D eigenvalue weighted by molar-refractivity contribution is 6.05. The molecule has 3 heterocycles. The zero-order chi connectivity index (χ0) is 22.7. The van der Waals surface area contributed by atoms with Crippen molar-refractivity contribution >= 4 is 11.8 Å². The maximum Gasteiger partial charge on any atom is 0.255 e. The van der Waals surface area contributed by atoms with Crippen LogP contribution in [-0.2, 0) is 21.4 Å². The predicted molar refractivity (Wildman–Crippen MR) is 120 cm³/mol. The lowest BCUT2D eigenvalue weighted by Gasteiger charge is -2.48. The summed E-state index contributed by atoms with van der Waals surface area (Å²) in [7, 11) is 3.52. The number of amides is 2. The molecule has 1 fully saturated rings. The van der Waals surface area contributed by atoms with E-state index < -0.39 is 11.5 Å². The molecular weight excluding hydrogens is 420 g/mol. The number of fused-ring (bicyclic) bond motifs is 2. The number of nitrogens with zero attached hydrogens (tertiary/aromatic N) is 2. The Morgan fingerprint density at radius 2 is 1.88 bits per heavy atom. The number of hydrogen-bond donors (Lipinski definition) is 0. The monoisotopic (exact) mass is 446 g/mol. The molecule has 4 aliphatic rings. The summed E-state index contributed by atoms with van der Waals surface area (Å²) < 4.78 is 16.9. The third-order valence-electron chi connectivity index (χ3n) is 7.66. The van der Waals surface area contributed by atoms with Crippen molar-refractivity contribution in [1.29, 1.82) is 0 Å². The van der Waals surface area contributed by atoms with Crippen LogP contribution in [0, 0.1) is 0 Å². The number of methoxy groups -OCH3 is 1. The maximum atomic E-state index is 13.8. The lowest BCUT2D eigenvalue weighted by Crippen LogP contribution is -2.60. The standard InChI is InChI=1S/C26H26N2O5/c1-27-22-12-17(31-2)8-10-26(22)19-14-21-20(32-15-33-21)13-18(19)24(29)28(23(26)25(27)30)11-9-16-6-4-3-5-7-16/h3-8,10,13-14,17,22-23H,9,11-12,15H2,1-2H3/t17-,22+,23-,26+/m1/s1. The van der Waals surface area contributed by atoms with Gasteiger partial charge in [0.05, 0.1) is 11.5 Å². The molecule has 0 saturated carbocycles. The number of carbonyl (C=O) groups is 2. The predicted octanol–water partition coefficient (Wildman–Crippen LogP) is 2.54. The second-order valence-electron chi connectivity index (χ2n) is 9.15. The molecule has 4 atom stereocenters. The number of likely N-dealkylation sites (tertiary alicyclic amines) is 1. The molecule has 2 aromatic carbocycles. The molecule has 33 heavy (non-hydrogen) atoms. The van der Waals surface area contributed by atoms with Crippen molar-refractivity contribution in [2.75, 3.05) is 27.5 Å². The fourth-order valence-electron chi connectivity index (χ4n) is 6.03. The molecule has 1 saturated heterocycles. The van der Waals surface area contributed by atoms with E-state index >= 15 is 0 Å². The molecule has 0 N–H and O–H groups in total. The van der Waals surface area contributed by atoms with E-state index in [4.69, 9.17) is 14.2 Å². The van der Waals surface area contributed by atoms with Crippen molar-refractivity contribution in [2.45, 2.75) is 36.4 Å². The van der Waals surface area contributed by atoms with Gasteiger partial charge >= 0.3 is 0 Å². The third kappa shape index (κ3) is 2.78. The molecule has 3 aliphatic heterocycles. The summed E-state index contributed by atoms with van der Waals surface area (Å²) in [5.41, 5.74) is 1.88. The SMILES string of the molecule is CO[C@@H]1C=C[C@@]23c4cc5c(cc4C(=O)N(CCc4ccccc4)[C@@H]2C(=O)N(C)[C@H]3C1)OCO5. The highest BCUT2D eigenvalue weighted by Crippen LogP contribution is 2.54. The highest BCUT2D eigenvalue weighted by Gasteiger charge is 2.65. The summed E-state index contributed by atoms with van der Waals surface area (Å²) in [4.78, 5) is 31.1. The summed E-state index contributed by atoms with van der Waals surface area (Å²) in [6, 6.07) is 13.0. The average Bonchev–Trinajstić information content (AvgIpc) is 3.40. The van der Waals surface area contributed by atoms with Crippen LogP contribution >= 0.6 is 0 Å². The van der Waals surface area contributed by atoms with Crippen LogP contribution in [0.15, 0.2) is 54.6 Å². The Balaban J connectivity index is 1.52. The van der Waals surface area contributed by atoms with Crippen molar-refractivity contribution < 1.29 is 23.8 Å². The van der Waals surface area contributed by atoms with E-state index in [-0.39, 0.29) is 30.8 Å². The Morgan fingerprint density at radius 1 is 1.12 bits per heavy atom. The third-order valence-corrected chi connectivity index (χ3v) is 7.66. The lowest BCUT2D eigenvalue weighted by atomic mass is 9.63. The average molecular weight is 447 g/mol. The minimum absolute atomic E-state index is 0.0360. The van der Waals surface area contributed by atoms with Gasteiger partial charge in [-0.1, -0.05) is 42.5 Å². The number of rotatable bonds is 4. The van der Waals surface area contributed by atoms with Gasteiger partial charge in [-0.15, -0.1) is 0 Å². The Bertz CT molecular complexity index is 1160. The van der Waals surface area contributed by atoms with Crippen molar-refractivity contribution in [3.8, 4) is 11.5 Å². The molecule has 7 nitrogen and oxygen atoms in total. The number of benzene rings is 2. The molecule has 0 aromatic heterocycles. The number of likely N-dealkylation sites (N-methyl/N-ethyl adjacent to an activating group) is 1. The fourth-order valence-corrected chi connectivity index (χ4v) is 6.03. The van der Waals surface area contributed by atoms with Crippen LogP contribution in [0.3, 0.4) is 0 Å². The van der Waals surface area contributed by atoms with Gasteiger partial charge < -0.3 is 24.0 Å².